The van der Waals surface area contributed by atoms with Crippen molar-refractivity contribution in [1.29, 1.82) is 0 Å². The molecule has 0 saturated carbocycles. The van der Waals surface area contributed by atoms with E-state index in [9.17, 15) is 4.79 Å². The summed E-state index contributed by atoms with van der Waals surface area (Å²) < 4.78 is 0. The smallest absolute Gasteiger partial charge is 0.226 e. The molecule has 0 unspecified atom stereocenters. The van der Waals surface area contributed by atoms with Crippen LogP contribution in [0.2, 0.25) is 0 Å². The van der Waals surface area contributed by atoms with Gasteiger partial charge in [-0.25, -0.2) is 15.8 Å². The molecule has 29 heavy (non-hydrogen) atoms. The fourth-order valence-corrected chi connectivity index (χ4v) is 3.34. The second-order valence-electron chi connectivity index (χ2n) is 7.45. The number of benzene rings is 2. The van der Waals surface area contributed by atoms with E-state index in [4.69, 9.17) is 15.8 Å². The molecule has 3 rings (SSSR count). The largest absolute Gasteiger partial charge is 0.347 e. The summed E-state index contributed by atoms with van der Waals surface area (Å²) in [5, 5.41) is 1.61. The number of aliphatic imine (C=N–C) groups is 2. The van der Waals surface area contributed by atoms with E-state index in [-0.39, 0.29) is 5.78 Å². The predicted molar refractivity (Wildman–Crippen MR) is 120 cm³/mol. The lowest BCUT2D eigenvalue weighted by atomic mass is 9.94. The standard InChI is InChI=1S/C23H27N5O/c1-14-11-12-17(13-20(14)28(6)24)15(2)21-22(26-23(25-21)27(4)5)19-10-8-7-9-18(19)16(3)29/h7-13H,24H2,1-6H3/b21-15-. The molecule has 0 saturated heterocycles. The highest BCUT2D eigenvalue weighted by Gasteiger charge is 2.25. The van der Waals surface area contributed by atoms with Crippen molar-refractivity contribution in [2.45, 2.75) is 20.8 Å². The molecule has 1 aliphatic rings. The van der Waals surface area contributed by atoms with Crippen LogP contribution in [0.15, 0.2) is 58.1 Å². The molecule has 1 heterocycles. The third-order valence-corrected chi connectivity index (χ3v) is 4.99. The molecule has 6 heteroatoms. The first kappa shape index (κ1) is 20.5. The van der Waals surface area contributed by atoms with Crippen molar-refractivity contribution < 1.29 is 4.79 Å². The monoisotopic (exact) mass is 389 g/mol. The molecule has 6 nitrogen and oxygen atoms in total. The Kier molecular flexibility index (Phi) is 5.66. The van der Waals surface area contributed by atoms with E-state index in [1.54, 1.807) is 11.9 Å². The maximum Gasteiger partial charge on any atom is 0.226 e. The molecule has 0 aromatic heterocycles. The summed E-state index contributed by atoms with van der Waals surface area (Å²) in [5.41, 5.74) is 6.92. The van der Waals surface area contributed by atoms with Gasteiger partial charge in [0.1, 0.15) is 5.71 Å². The Hall–Kier alpha value is -3.25. The fourth-order valence-electron chi connectivity index (χ4n) is 3.34. The van der Waals surface area contributed by atoms with Crippen molar-refractivity contribution >= 4 is 28.7 Å². The van der Waals surface area contributed by atoms with Crippen molar-refractivity contribution in [3.8, 4) is 0 Å². The van der Waals surface area contributed by atoms with Gasteiger partial charge in [0.2, 0.25) is 5.96 Å². The number of nitrogens with zero attached hydrogens (tertiary/aromatic N) is 4. The van der Waals surface area contributed by atoms with Crippen molar-refractivity contribution in [1.82, 2.24) is 4.90 Å². The third kappa shape index (κ3) is 3.98. The Labute approximate surface area is 172 Å². The number of ketones is 1. The number of carbonyl (C=O) groups excluding carboxylic acids is 1. The number of anilines is 1. The lowest BCUT2D eigenvalue weighted by molar-refractivity contribution is 0.101. The zero-order valence-corrected chi connectivity index (χ0v) is 17.8. The number of nitrogens with two attached hydrogens (primary N) is 1. The number of rotatable bonds is 4. The van der Waals surface area contributed by atoms with Gasteiger partial charge in [0.25, 0.3) is 0 Å². The normalized spacial score (nSPS) is 15.0. The van der Waals surface area contributed by atoms with Gasteiger partial charge < -0.3 is 9.91 Å². The molecule has 150 valence electrons. The predicted octanol–water partition coefficient (Wildman–Crippen LogP) is 3.66. The van der Waals surface area contributed by atoms with E-state index in [0.717, 1.165) is 33.6 Å². The van der Waals surface area contributed by atoms with Crippen molar-refractivity contribution in [3.63, 3.8) is 0 Å². The molecule has 2 N–H and O–H groups in total. The number of hydrazine groups is 1. The summed E-state index contributed by atoms with van der Waals surface area (Å²) in [7, 11) is 5.63. The third-order valence-electron chi connectivity index (χ3n) is 4.99. The van der Waals surface area contributed by atoms with Crippen LogP contribution in [0.1, 0.15) is 40.9 Å². The van der Waals surface area contributed by atoms with E-state index < -0.39 is 0 Å². The van der Waals surface area contributed by atoms with Crippen LogP contribution in [0, 0.1) is 6.92 Å². The van der Waals surface area contributed by atoms with Crippen LogP contribution in [0.5, 0.6) is 0 Å². The van der Waals surface area contributed by atoms with Crippen LogP contribution in [0.25, 0.3) is 5.57 Å². The van der Waals surface area contributed by atoms with Gasteiger partial charge in [-0.05, 0) is 43.5 Å². The first-order chi connectivity index (χ1) is 13.7. The Morgan fingerprint density at radius 2 is 1.69 bits per heavy atom. The molecule has 0 aliphatic carbocycles. The molecular formula is C23H27N5O. The lowest BCUT2D eigenvalue weighted by Gasteiger charge is -2.17. The van der Waals surface area contributed by atoms with Crippen LogP contribution < -0.4 is 10.9 Å². The zero-order chi connectivity index (χ0) is 21.3. The second-order valence-corrected chi connectivity index (χ2v) is 7.45. The number of Topliss-reactive ketones (excluding diaryl/α,β-unsaturated/α-hetero) is 1. The van der Waals surface area contributed by atoms with Crippen LogP contribution in [-0.4, -0.2) is 43.5 Å². The summed E-state index contributed by atoms with van der Waals surface area (Å²) in [6.07, 6.45) is 0. The first-order valence-corrected chi connectivity index (χ1v) is 9.46. The molecule has 0 radical (unpaired) electrons. The molecule has 2 aromatic carbocycles. The molecular weight excluding hydrogens is 362 g/mol. The zero-order valence-electron chi connectivity index (χ0n) is 17.8. The number of allylic oxidation sites excluding steroid dienone is 2. The summed E-state index contributed by atoms with van der Waals surface area (Å²) in [6, 6.07) is 13.7. The van der Waals surface area contributed by atoms with Crippen LogP contribution in [0.3, 0.4) is 0 Å². The summed E-state index contributed by atoms with van der Waals surface area (Å²) in [6.45, 7) is 5.62. The van der Waals surface area contributed by atoms with E-state index in [1.165, 1.54) is 0 Å². The van der Waals surface area contributed by atoms with E-state index in [0.29, 0.717) is 17.2 Å². The van der Waals surface area contributed by atoms with Crippen molar-refractivity contribution in [2.75, 3.05) is 26.2 Å². The van der Waals surface area contributed by atoms with Crippen LogP contribution >= 0.6 is 0 Å². The highest BCUT2D eigenvalue weighted by molar-refractivity contribution is 6.26. The highest BCUT2D eigenvalue weighted by Crippen LogP contribution is 2.30. The van der Waals surface area contributed by atoms with Crippen molar-refractivity contribution in [3.05, 3.63) is 70.4 Å². The average molecular weight is 390 g/mol. The number of guanidine groups is 1. The highest BCUT2D eigenvalue weighted by atomic mass is 16.1. The minimum Gasteiger partial charge on any atom is -0.347 e. The number of carbonyl (C=O) groups is 1. The Morgan fingerprint density at radius 3 is 2.31 bits per heavy atom. The first-order valence-electron chi connectivity index (χ1n) is 9.46. The maximum absolute atomic E-state index is 12.2. The number of hydrogen-bond acceptors (Lipinski definition) is 6. The minimum absolute atomic E-state index is 0.000912. The molecule has 0 amide bonds. The summed E-state index contributed by atoms with van der Waals surface area (Å²) in [5.74, 6) is 6.60. The van der Waals surface area contributed by atoms with E-state index in [1.807, 2.05) is 70.2 Å². The number of aryl methyl sites for hydroxylation is 1. The Balaban J connectivity index is 2.22. The molecule has 0 fully saturated rings. The van der Waals surface area contributed by atoms with Gasteiger partial charge >= 0.3 is 0 Å². The van der Waals surface area contributed by atoms with Crippen LogP contribution in [0.4, 0.5) is 5.69 Å². The Morgan fingerprint density at radius 1 is 1.00 bits per heavy atom. The van der Waals surface area contributed by atoms with Crippen molar-refractivity contribution in [2.24, 2.45) is 15.8 Å². The number of hydrogen-bond donors (Lipinski definition) is 1. The SMILES string of the molecule is CC(=O)c1ccccc1C1=NC(N(C)C)=N/C1=C(/C)c1ccc(C)c(N(C)N)c1. The molecule has 2 aromatic rings. The van der Waals surface area contributed by atoms with Gasteiger partial charge in [-0.1, -0.05) is 36.4 Å². The van der Waals surface area contributed by atoms with E-state index in [2.05, 4.69) is 12.1 Å². The maximum atomic E-state index is 12.2. The van der Waals surface area contributed by atoms with Gasteiger partial charge in [0, 0.05) is 32.3 Å². The molecule has 0 atom stereocenters. The average Bonchev–Trinajstić information content (AvgIpc) is 3.13. The van der Waals surface area contributed by atoms with Gasteiger partial charge in [-0.3, -0.25) is 4.79 Å². The van der Waals surface area contributed by atoms with Gasteiger partial charge in [0.05, 0.1) is 11.4 Å². The fraction of sp³-hybridized carbons (Fsp3) is 0.261. The molecule has 0 bridgehead atoms. The van der Waals surface area contributed by atoms with E-state index >= 15 is 0 Å². The molecule has 0 spiro atoms. The van der Waals surface area contributed by atoms with Crippen LogP contribution in [-0.2, 0) is 0 Å². The quantitative estimate of drug-likeness (QED) is 0.492. The Bertz CT molecular complexity index is 1060. The molecule has 1 aliphatic heterocycles. The summed E-state index contributed by atoms with van der Waals surface area (Å²) >= 11 is 0. The lowest BCUT2D eigenvalue weighted by Crippen LogP contribution is -2.25. The van der Waals surface area contributed by atoms with Gasteiger partial charge in [-0.15, -0.1) is 0 Å². The van der Waals surface area contributed by atoms with Gasteiger partial charge in [0.15, 0.2) is 5.78 Å². The van der Waals surface area contributed by atoms with Gasteiger partial charge in [-0.2, -0.15) is 0 Å². The topological polar surface area (TPSA) is 74.3 Å². The second kappa shape index (κ2) is 8.01. The summed E-state index contributed by atoms with van der Waals surface area (Å²) in [4.78, 5) is 23.6. The minimum atomic E-state index is 0.000912.